The van der Waals surface area contributed by atoms with Gasteiger partial charge in [-0.1, -0.05) is 13.8 Å². The summed E-state index contributed by atoms with van der Waals surface area (Å²) in [4.78, 5) is 6.82. The summed E-state index contributed by atoms with van der Waals surface area (Å²) in [6.07, 6.45) is 4.50. The van der Waals surface area contributed by atoms with Gasteiger partial charge in [0.25, 0.3) is 0 Å². The van der Waals surface area contributed by atoms with Crippen LogP contribution in [-0.2, 0) is 11.3 Å². The Balaban J connectivity index is 1.90. The van der Waals surface area contributed by atoms with E-state index >= 15 is 0 Å². The smallest absolute Gasteiger partial charge is 0.126 e. The van der Waals surface area contributed by atoms with Crippen molar-refractivity contribution in [3.63, 3.8) is 0 Å². The standard InChI is InChI=1S/C15H25N3O/c1-3-6-16-15-10-13(5-7-17-15)11-18-8-9-19-14(4-2)12-18/h5,7,10,14H,3-4,6,8-9,11-12H2,1-2H3,(H,16,17). The van der Waals surface area contributed by atoms with E-state index in [1.165, 1.54) is 5.56 Å². The van der Waals surface area contributed by atoms with Crippen LogP contribution >= 0.6 is 0 Å². The molecule has 0 spiro atoms. The molecule has 0 bridgehead atoms. The molecule has 19 heavy (non-hydrogen) atoms. The molecule has 1 aliphatic heterocycles. The van der Waals surface area contributed by atoms with Crippen LogP contribution in [-0.4, -0.2) is 42.2 Å². The molecule has 1 saturated heterocycles. The Morgan fingerprint density at radius 2 is 2.37 bits per heavy atom. The van der Waals surface area contributed by atoms with Crippen LogP contribution in [0.3, 0.4) is 0 Å². The molecule has 1 aromatic rings. The fraction of sp³-hybridized carbons (Fsp3) is 0.667. The molecule has 4 heteroatoms. The zero-order valence-corrected chi connectivity index (χ0v) is 12.1. The van der Waals surface area contributed by atoms with Crippen molar-refractivity contribution in [3.8, 4) is 0 Å². The molecule has 1 aliphatic rings. The minimum Gasteiger partial charge on any atom is -0.376 e. The predicted octanol–water partition coefficient (Wildman–Crippen LogP) is 2.51. The number of hydrogen-bond acceptors (Lipinski definition) is 4. The molecule has 106 valence electrons. The third-order valence-electron chi connectivity index (χ3n) is 3.46. The molecule has 0 saturated carbocycles. The first kappa shape index (κ1) is 14.3. The van der Waals surface area contributed by atoms with Crippen molar-refractivity contribution in [1.29, 1.82) is 0 Å². The van der Waals surface area contributed by atoms with Gasteiger partial charge < -0.3 is 10.1 Å². The topological polar surface area (TPSA) is 37.4 Å². The van der Waals surface area contributed by atoms with Crippen molar-refractivity contribution in [2.45, 2.75) is 39.3 Å². The fourth-order valence-corrected chi connectivity index (χ4v) is 2.35. The summed E-state index contributed by atoms with van der Waals surface area (Å²) in [6, 6.07) is 4.26. The van der Waals surface area contributed by atoms with E-state index in [1.54, 1.807) is 0 Å². The van der Waals surface area contributed by atoms with Gasteiger partial charge >= 0.3 is 0 Å². The average molecular weight is 263 g/mol. The van der Waals surface area contributed by atoms with Crippen LogP contribution in [0.5, 0.6) is 0 Å². The molecule has 1 unspecified atom stereocenters. The van der Waals surface area contributed by atoms with Gasteiger partial charge in [-0.2, -0.15) is 0 Å². The van der Waals surface area contributed by atoms with Crippen LogP contribution in [0.2, 0.25) is 0 Å². The summed E-state index contributed by atoms with van der Waals surface area (Å²) in [6.45, 7) is 9.23. The molecule has 1 fully saturated rings. The lowest BCUT2D eigenvalue weighted by atomic mass is 10.2. The van der Waals surface area contributed by atoms with Crippen molar-refractivity contribution >= 4 is 5.82 Å². The third kappa shape index (κ3) is 4.48. The Bertz CT molecular complexity index is 383. The lowest BCUT2D eigenvalue weighted by Gasteiger charge is -2.32. The van der Waals surface area contributed by atoms with Crippen LogP contribution < -0.4 is 5.32 Å². The number of nitrogens with zero attached hydrogens (tertiary/aromatic N) is 2. The lowest BCUT2D eigenvalue weighted by molar-refractivity contribution is -0.0324. The first-order valence-corrected chi connectivity index (χ1v) is 7.34. The number of pyridine rings is 1. The van der Waals surface area contributed by atoms with Crippen molar-refractivity contribution in [1.82, 2.24) is 9.88 Å². The second kappa shape index (κ2) is 7.46. The summed E-state index contributed by atoms with van der Waals surface area (Å²) in [5, 5.41) is 3.34. The Hall–Kier alpha value is -1.13. The number of morpholine rings is 1. The zero-order chi connectivity index (χ0) is 13.5. The molecule has 0 aliphatic carbocycles. The van der Waals surface area contributed by atoms with E-state index in [-0.39, 0.29) is 0 Å². The van der Waals surface area contributed by atoms with Gasteiger partial charge in [0.05, 0.1) is 12.7 Å². The number of rotatable bonds is 6. The molecule has 4 nitrogen and oxygen atoms in total. The second-order valence-electron chi connectivity index (χ2n) is 5.11. The molecular weight excluding hydrogens is 238 g/mol. The maximum Gasteiger partial charge on any atom is 0.126 e. The minimum absolute atomic E-state index is 0.397. The SMILES string of the molecule is CCCNc1cc(CN2CCOC(CC)C2)ccn1. The fourth-order valence-electron chi connectivity index (χ4n) is 2.35. The first-order chi connectivity index (χ1) is 9.31. The summed E-state index contributed by atoms with van der Waals surface area (Å²) < 4.78 is 5.71. The summed E-state index contributed by atoms with van der Waals surface area (Å²) in [7, 11) is 0. The zero-order valence-electron chi connectivity index (χ0n) is 12.1. The van der Waals surface area contributed by atoms with E-state index in [0.717, 1.165) is 51.4 Å². The van der Waals surface area contributed by atoms with Crippen LogP contribution in [0.25, 0.3) is 0 Å². The number of hydrogen-bond donors (Lipinski definition) is 1. The highest BCUT2D eigenvalue weighted by Crippen LogP contribution is 2.14. The number of ether oxygens (including phenoxy) is 1. The molecule has 1 aromatic heterocycles. The van der Waals surface area contributed by atoms with E-state index in [4.69, 9.17) is 4.74 Å². The van der Waals surface area contributed by atoms with Gasteiger partial charge in [0.2, 0.25) is 0 Å². The van der Waals surface area contributed by atoms with Gasteiger partial charge in [0, 0.05) is 32.4 Å². The lowest BCUT2D eigenvalue weighted by Crippen LogP contribution is -2.41. The minimum atomic E-state index is 0.397. The largest absolute Gasteiger partial charge is 0.376 e. The molecule has 0 aromatic carbocycles. The average Bonchev–Trinajstić information content (AvgIpc) is 2.46. The molecule has 0 amide bonds. The van der Waals surface area contributed by atoms with E-state index in [9.17, 15) is 0 Å². The van der Waals surface area contributed by atoms with Gasteiger partial charge in [-0.05, 0) is 30.5 Å². The predicted molar refractivity (Wildman–Crippen MR) is 78.3 cm³/mol. The third-order valence-corrected chi connectivity index (χ3v) is 3.46. The van der Waals surface area contributed by atoms with Crippen LogP contribution in [0, 0.1) is 0 Å². The highest BCUT2D eigenvalue weighted by molar-refractivity contribution is 5.37. The van der Waals surface area contributed by atoms with Crippen LogP contribution in [0.1, 0.15) is 32.3 Å². The van der Waals surface area contributed by atoms with Crippen molar-refractivity contribution in [2.75, 3.05) is 31.6 Å². The Morgan fingerprint density at radius 1 is 1.47 bits per heavy atom. The second-order valence-corrected chi connectivity index (χ2v) is 5.11. The van der Waals surface area contributed by atoms with E-state index < -0.39 is 0 Å². The molecule has 2 rings (SSSR count). The van der Waals surface area contributed by atoms with Gasteiger partial charge in [-0.25, -0.2) is 4.98 Å². The van der Waals surface area contributed by atoms with E-state index in [2.05, 4.69) is 41.2 Å². The number of anilines is 1. The molecule has 2 heterocycles. The Kier molecular flexibility index (Phi) is 5.61. The van der Waals surface area contributed by atoms with E-state index in [0.29, 0.717) is 6.10 Å². The van der Waals surface area contributed by atoms with Crippen LogP contribution in [0.15, 0.2) is 18.3 Å². The summed E-state index contributed by atoms with van der Waals surface area (Å²) >= 11 is 0. The van der Waals surface area contributed by atoms with Crippen LogP contribution in [0.4, 0.5) is 5.82 Å². The monoisotopic (exact) mass is 263 g/mol. The van der Waals surface area contributed by atoms with Crippen molar-refractivity contribution in [3.05, 3.63) is 23.9 Å². The number of nitrogens with one attached hydrogen (secondary N) is 1. The van der Waals surface area contributed by atoms with Gasteiger partial charge in [-0.3, -0.25) is 4.90 Å². The van der Waals surface area contributed by atoms with Crippen molar-refractivity contribution < 1.29 is 4.74 Å². The highest BCUT2D eigenvalue weighted by atomic mass is 16.5. The van der Waals surface area contributed by atoms with Gasteiger partial charge in [0.1, 0.15) is 5.82 Å². The maximum atomic E-state index is 5.71. The van der Waals surface area contributed by atoms with Crippen molar-refractivity contribution in [2.24, 2.45) is 0 Å². The van der Waals surface area contributed by atoms with Gasteiger partial charge in [-0.15, -0.1) is 0 Å². The maximum absolute atomic E-state index is 5.71. The highest BCUT2D eigenvalue weighted by Gasteiger charge is 2.18. The summed E-state index contributed by atoms with van der Waals surface area (Å²) in [5.74, 6) is 0.986. The quantitative estimate of drug-likeness (QED) is 0.856. The van der Waals surface area contributed by atoms with E-state index in [1.807, 2.05) is 6.20 Å². The first-order valence-electron chi connectivity index (χ1n) is 7.34. The molecule has 0 radical (unpaired) electrons. The van der Waals surface area contributed by atoms with Gasteiger partial charge in [0.15, 0.2) is 0 Å². The molecule has 1 N–H and O–H groups in total. The number of aromatic nitrogens is 1. The normalized spacial score (nSPS) is 20.4. The molecular formula is C15H25N3O. The Labute approximate surface area is 116 Å². The molecule has 1 atom stereocenters. The Morgan fingerprint density at radius 3 is 3.16 bits per heavy atom. The summed E-state index contributed by atoms with van der Waals surface area (Å²) in [5.41, 5.74) is 1.32.